The van der Waals surface area contributed by atoms with E-state index in [0.29, 0.717) is 22.9 Å². The van der Waals surface area contributed by atoms with Gasteiger partial charge in [-0.3, -0.25) is 29.0 Å². The van der Waals surface area contributed by atoms with Gasteiger partial charge >= 0.3 is 0 Å². The van der Waals surface area contributed by atoms with E-state index >= 15 is 0 Å². The van der Waals surface area contributed by atoms with Crippen LogP contribution in [0.1, 0.15) is 13.8 Å². The number of benzene rings is 2. The van der Waals surface area contributed by atoms with Gasteiger partial charge in [-0.05, 0) is 55.5 Å². The maximum atomic E-state index is 13.8. The fourth-order valence-electron chi connectivity index (χ4n) is 7.13. The molecule has 2 bridgehead atoms. The van der Waals surface area contributed by atoms with Gasteiger partial charge in [0.1, 0.15) is 11.5 Å². The normalized spacial score (nSPS) is 32.6. The Balaban J connectivity index is 1.42. The Bertz CT molecular complexity index is 1250. The highest BCUT2D eigenvalue weighted by atomic mass is 16.5. The quantitative estimate of drug-likeness (QED) is 0.487. The van der Waals surface area contributed by atoms with Gasteiger partial charge in [0, 0.05) is 11.3 Å². The second-order valence-electron chi connectivity index (χ2n) is 10.2. The fraction of sp³-hybridized carbons (Fsp3) is 0.357. The smallest absolute Gasteiger partial charge is 0.238 e. The van der Waals surface area contributed by atoms with Gasteiger partial charge < -0.3 is 9.47 Å². The van der Waals surface area contributed by atoms with Gasteiger partial charge in [0.25, 0.3) is 0 Å². The molecule has 184 valence electrons. The molecule has 2 saturated heterocycles. The number of amides is 4. The van der Waals surface area contributed by atoms with Crippen LogP contribution in [-0.4, -0.2) is 37.8 Å². The van der Waals surface area contributed by atoms with Gasteiger partial charge in [-0.15, -0.1) is 0 Å². The van der Waals surface area contributed by atoms with Crippen LogP contribution in [0.15, 0.2) is 60.2 Å². The standard InChI is InChI=1S/C28H26N2O6/c1-14-13-28(2)22-20(24(31)29(26(22)33)15-5-9-17(35-3)10-6-15)19(14)21-23(28)27(34)30(25(21)32)16-7-11-18(36-4)12-8-16/h5-13,19-23H,1-4H3/t19?,20-,21+,22-,23-,28?/m1/s1. The van der Waals surface area contributed by atoms with Crippen LogP contribution in [0.3, 0.4) is 0 Å². The molecule has 7 rings (SSSR count). The van der Waals surface area contributed by atoms with Crippen LogP contribution < -0.4 is 19.3 Å². The maximum Gasteiger partial charge on any atom is 0.238 e. The van der Waals surface area contributed by atoms with Crippen molar-refractivity contribution in [3.8, 4) is 11.5 Å². The van der Waals surface area contributed by atoms with E-state index in [0.717, 1.165) is 5.57 Å². The van der Waals surface area contributed by atoms with Gasteiger partial charge in [0.2, 0.25) is 23.6 Å². The van der Waals surface area contributed by atoms with Crippen molar-refractivity contribution in [2.24, 2.45) is 35.0 Å². The molecule has 4 amide bonds. The number of carbonyl (C=O) groups excluding carboxylic acids is 4. The first-order valence-electron chi connectivity index (χ1n) is 12.0. The number of imide groups is 2. The lowest BCUT2D eigenvalue weighted by atomic mass is 9.46. The molecule has 0 aromatic heterocycles. The van der Waals surface area contributed by atoms with E-state index in [1.54, 1.807) is 62.8 Å². The summed E-state index contributed by atoms with van der Waals surface area (Å²) < 4.78 is 10.4. The lowest BCUT2D eigenvalue weighted by molar-refractivity contribution is -0.146. The third-order valence-electron chi connectivity index (χ3n) is 8.54. The maximum absolute atomic E-state index is 13.8. The predicted molar refractivity (Wildman–Crippen MR) is 130 cm³/mol. The highest BCUT2D eigenvalue weighted by molar-refractivity contribution is 6.26. The molecule has 36 heavy (non-hydrogen) atoms. The van der Waals surface area contributed by atoms with Gasteiger partial charge in [-0.25, -0.2) is 0 Å². The van der Waals surface area contributed by atoms with Crippen molar-refractivity contribution < 1.29 is 28.7 Å². The summed E-state index contributed by atoms with van der Waals surface area (Å²) in [7, 11) is 3.09. The molecule has 2 heterocycles. The Hall–Kier alpha value is -3.94. The number of methoxy groups -OCH3 is 2. The van der Waals surface area contributed by atoms with Crippen molar-refractivity contribution in [2.75, 3.05) is 24.0 Å². The lowest BCUT2D eigenvalue weighted by Crippen LogP contribution is -2.57. The zero-order chi connectivity index (χ0) is 25.5. The third-order valence-corrected chi connectivity index (χ3v) is 8.54. The monoisotopic (exact) mass is 486 g/mol. The third kappa shape index (κ3) is 2.69. The Labute approximate surface area is 208 Å². The van der Waals surface area contributed by atoms with Gasteiger partial charge in [0.15, 0.2) is 0 Å². The average molecular weight is 487 g/mol. The summed E-state index contributed by atoms with van der Waals surface area (Å²) in [6.07, 6.45) is 1.96. The van der Waals surface area contributed by atoms with Gasteiger partial charge in [-0.1, -0.05) is 18.6 Å². The predicted octanol–water partition coefficient (Wildman–Crippen LogP) is 3.21. The summed E-state index contributed by atoms with van der Waals surface area (Å²) in [5.41, 5.74) is 0.846. The Morgan fingerprint density at radius 1 is 0.639 bits per heavy atom. The first-order chi connectivity index (χ1) is 17.2. The molecule has 0 N–H and O–H groups in total. The van der Waals surface area contributed by atoms with Crippen molar-refractivity contribution >= 4 is 35.0 Å². The highest BCUT2D eigenvalue weighted by Crippen LogP contribution is 2.66. The molecule has 3 fully saturated rings. The Morgan fingerprint density at radius 2 is 1.03 bits per heavy atom. The number of carbonyl (C=O) groups is 4. The molecule has 0 spiro atoms. The number of anilines is 2. The molecule has 5 aliphatic rings. The van der Waals surface area contributed by atoms with E-state index in [4.69, 9.17) is 9.47 Å². The Morgan fingerprint density at radius 3 is 1.39 bits per heavy atom. The van der Waals surface area contributed by atoms with E-state index < -0.39 is 35.0 Å². The number of rotatable bonds is 4. The van der Waals surface area contributed by atoms with Gasteiger partial charge in [-0.2, -0.15) is 0 Å². The minimum atomic E-state index is -0.962. The molecule has 3 aliphatic carbocycles. The molecule has 6 atom stereocenters. The highest BCUT2D eigenvalue weighted by Gasteiger charge is 2.74. The summed E-state index contributed by atoms with van der Waals surface area (Å²) in [6, 6.07) is 13.5. The fourth-order valence-corrected chi connectivity index (χ4v) is 7.13. The summed E-state index contributed by atoms with van der Waals surface area (Å²) >= 11 is 0. The number of hydrogen-bond donors (Lipinski definition) is 0. The zero-order valence-corrected chi connectivity index (χ0v) is 20.4. The SMILES string of the molecule is COc1ccc(N2C(=O)[C@@H]3C4C(C)=CC(C)([C@H]3C2=O)[C@H]2C(=O)N(c3ccc(OC)cc3)C(=O)[C@@H]42)cc1. The van der Waals surface area contributed by atoms with Crippen LogP contribution in [0.2, 0.25) is 0 Å². The largest absolute Gasteiger partial charge is 0.497 e. The molecule has 0 radical (unpaired) electrons. The van der Waals surface area contributed by atoms with Gasteiger partial charge in [0.05, 0.1) is 49.3 Å². The molecule has 2 aliphatic heterocycles. The first kappa shape index (κ1) is 22.5. The molecule has 2 aromatic carbocycles. The second-order valence-corrected chi connectivity index (χ2v) is 10.2. The van der Waals surface area contributed by atoms with Crippen LogP contribution in [0.5, 0.6) is 11.5 Å². The van der Waals surface area contributed by atoms with Crippen LogP contribution in [0.25, 0.3) is 0 Å². The van der Waals surface area contributed by atoms with E-state index in [2.05, 4.69) is 0 Å². The van der Waals surface area contributed by atoms with Crippen molar-refractivity contribution in [1.82, 2.24) is 0 Å². The number of allylic oxidation sites excluding steroid dienone is 2. The number of ether oxygens (including phenoxy) is 2. The average Bonchev–Trinajstić information content (AvgIpc) is 3.30. The van der Waals surface area contributed by atoms with E-state index in [1.807, 2.05) is 19.9 Å². The lowest BCUT2D eigenvalue weighted by Gasteiger charge is -2.53. The summed E-state index contributed by atoms with van der Waals surface area (Å²) in [5, 5.41) is 0. The van der Waals surface area contributed by atoms with E-state index in [9.17, 15) is 19.2 Å². The summed E-state index contributed by atoms with van der Waals surface area (Å²) in [4.78, 5) is 57.7. The molecular weight excluding hydrogens is 460 g/mol. The zero-order valence-electron chi connectivity index (χ0n) is 20.4. The van der Waals surface area contributed by atoms with Crippen molar-refractivity contribution in [2.45, 2.75) is 13.8 Å². The van der Waals surface area contributed by atoms with E-state index in [-0.39, 0.29) is 23.6 Å². The molecule has 8 heteroatoms. The summed E-state index contributed by atoms with van der Waals surface area (Å²) in [5.74, 6) is -3.38. The minimum absolute atomic E-state index is 0.319. The Kier molecular flexibility index (Phi) is 4.71. The molecule has 2 unspecified atom stereocenters. The second kappa shape index (κ2) is 7.53. The van der Waals surface area contributed by atoms with Crippen LogP contribution in [-0.2, 0) is 19.2 Å². The topological polar surface area (TPSA) is 93.2 Å². The van der Waals surface area contributed by atoms with Crippen molar-refractivity contribution in [3.05, 3.63) is 60.2 Å². The number of nitrogens with zero attached hydrogens (tertiary/aromatic N) is 2. The molecule has 8 nitrogen and oxygen atoms in total. The minimum Gasteiger partial charge on any atom is -0.497 e. The summed E-state index contributed by atoms with van der Waals surface area (Å²) in [6.45, 7) is 3.75. The van der Waals surface area contributed by atoms with Crippen LogP contribution >= 0.6 is 0 Å². The molecule has 1 saturated carbocycles. The van der Waals surface area contributed by atoms with E-state index in [1.165, 1.54) is 9.80 Å². The van der Waals surface area contributed by atoms with Crippen LogP contribution in [0.4, 0.5) is 11.4 Å². The van der Waals surface area contributed by atoms with Crippen molar-refractivity contribution in [1.29, 1.82) is 0 Å². The first-order valence-corrected chi connectivity index (χ1v) is 12.0. The molecule has 2 aromatic rings. The van der Waals surface area contributed by atoms with Crippen LogP contribution in [0, 0.1) is 35.0 Å². The van der Waals surface area contributed by atoms with Crippen molar-refractivity contribution in [3.63, 3.8) is 0 Å². The molecular formula is C28H26N2O6. The number of hydrogen-bond acceptors (Lipinski definition) is 6.